The quantitative estimate of drug-likeness (QED) is 0.480. The van der Waals surface area contributed by atoms with Crippen LogP contribution in [0, 0.1) is 0 Å². The second-order valence-corrected chi connectivity index (χ2v) is 10.0. The molecule has 1 atom stereocenters. The first kappa shape index (κ1) is 25.1. The van der Waals surface area contributed by atoms with Crippen molar-refractivity contribution in [2.24, 2.45) is 0 Å². The number of hydrogen-bond acceptors (Lipinski definition) is 5. The second-order valence-electron chi connectivity index (χ2n) is 7.92. The Hall–Kier alpha value is -3.56. The smallest absolute Gasteiger partial charge is 0.247 e. The van der Waals surface area contributed by atoms with E-state index >= 15 is 0 Å². The summed E-state index contributed by atoms with van der Waals surface area (Å²) >= 11 is 0. The molecule has 0 aliphatic rings. The molecule has 3 rings (SSSR count). The average Bonchev–Trinajstić information content (AvgIpc) is 2.83. The minimum Gasteiger partial charge on any atom is -0.350 e. The van der Waals surface area contributed by atoms with Gasteiger partial charge in [0.1, 0.15) is 6.04 Å². The molecule has 0 spiro atoms. The van der Waals surface area contributed by atoms with Crippen LogP contribution in [0.3, 0.4) is 0 Å². The highest BCUT2D eigenvalue weighted by molar-refractivity contribution is 7.88. The van der Waals surface area contributed by atoms with Gasteiger partial charge in [-0.05, 0) is 22.8 Å². The first-order valence-electron chi connectivity index (χ1n) is 10.7. The zero-order chi connectivity index (χ0) is 24.6. The van der Waals surface area contributed by atoms with E-state index in [9.17, 15) is 18.0 Å². The monoisotopic (exact) mass is 480 g/mol. The highest BCUT2D eigenvalue weighted by atomic mass is 32.2. The van der Waals surface area contributed by atoms with E-state index in [1.54, 1.807) is 42.7 Å². The molecule has 34 heavy (non-hydrogen) atoms. The predicted octanol–water partition coefficient (Wildman–Crippen LogP) is 2.36. The number of sulfonamides is 1. The molecule has 0 aliphatic heterocycles. The number of hydrogen-bond donors (Lipinski definition) is 1. The second kappa shape index (κ2) is 11.5. The molecule has 1 unspecified atom stereocenters. The Morgan fingerprint density at radius 2 is 1.56 bits per heavy atom. The summed E-state index contributed by atoms with van der Waals surface area (Å²) in [5.41, 5.74) is 2.26. The van der Waals surface area contributed by atoms with E-state index in [0.29, 0.717) is 5.56 Å². The summed E-state index contributed by atoms with van der Waals surface area (Å²) in [6.45, 7) is -0.00531. The Morgan fingerprint density at radius 3 is 2.15 bits per heavy atom. The van der Waals surface area contributed by atoms with E-state index in [1.165, 1.54) is 11.9 Å². The number of carbonyl (C=O) groups excluding carboxylic acids is 2. The van der Waals surface area contributed by atoms with E-state index in [4.69, 9.17) is 0 Å². The molecular weight excluding hydrogens is 452 g/mol. The van der Waals surface area contributed by atoms with Gasteiger partial charge in [-0.1, -0.05) is 66.7 Å². The third-order valence-electron chi connectivity index (χ3n) is 5.31. The van der Waals surface area contributed by atoms with Gasteiger partial charge in [-0.2, -0.15) is 4.31 Å². The maximum absolute atomic E-state index is 13.5. The summed E-state index contributed by atoms with van der Waals surface area (Å²) in [6, 6.07) is 20.9. The molecule has 1 aromatic heterocycles. The number of aromatic nitrogens is 1. The maximum atomic E-state index is 13.5. The number of amides is 2. The van der Waals surface area contributed by atoms with E-state index in [1.807, 2.05) is 42.5 Å². The fourth-order valence-corrected chi connectivity index (χ4v) is 3.74. The van der Waals surface area contributed by atoms with Gasteiger partial charge in [-0.15, -0.1) is 0 Å². The Bertz CT molecular complexity index is 1190. The van der Waals surface area contributed by atoms with Crippen LogP contribution in [0.5, 0.6) is 0 Å². The SMILES string of the molecule is CN(CC(=O)N(Cc1ccccc1)C(C(=O)NCc1cccnc1)c1ccccc1)S(C)(=O)=O. The van der Waals surface area contributed by atoms with Crippen LogP contribution in [-0.2, 0) is 32.7 Å². The molecule has 0 radical (unpaired) electrons. The highest BCUT2D eigenvalue weighted by Gasteiger charge is 2.32. The Morgan fingerprint density at radius 1 is 0.941 bits per heavy atom. The van der Waals surface area contributed by atoms with Crippen LogP contribution in [0.4, 0.5) is 0 Å². The zero-order valence-electron chi connectivity index (χ0n) is 19.2. The van der Waals surface area contributed by atoms with E-state index < -0.39 is 22.0 Å². The van der Waals surface area contributed by atoms with Crippen LogP contribution in [0.1, 0.15) is 22.7 Å². The number of rotatable bonds is 10. The molecular formula is C25H28N4O4S. The number of nitrogens with one attached hydrogen (secondary N) is 1. The van der Waals surface area contributed by atoms with Crippen molar-refractivity contribution in [3.05, 3.63) is 102 Å². The van der Waals surface area contributed by atoms with Crippen LogP contribution in [0.2, 0.25) is 0 Å². The van der Waals surface area contributed by atoms with Crippen LogP contribution in [-0.4, -0.2) is 54.3 Å². The van der Waals surface area contributed by atoms with Gasteiger partial charge < -0.3 is 10.2 Å². The summed E-state index contributed by atoms with van der Waals surface area (Å²) in [5.74, 6) is -0.858. The third-order valence-corrected chi connectivity index (χ3v) is 6.57. The number of nitrogens with zero attached hydrogens (tertiary/aromatic N) is 3. The zero-order valence-corrected chi connectivity index (χ0v) is 20.0. The Kier molecular flexibility index (Phi) is 8.50. The van der Waals surface area contributed by atoms with Gasteiger partial charge in [-0.3, -0.25) is 14.6 Å². The lowest BCUT2D eigenvalue weighted by Gasteiger charge is -2.32. The summed E-state index contributed by atoms with van der Waals surface area (Å²) in [5, 5.41) is 2.90. The first-order chi connectivity index (χ1) is 16.3. The fourth-order valence-electron chi connectivity index (χ4n) is 3.40. The number of likely N-dealkylation sites (N-methyl/N-ethyl adjacent to an activating group) is 1. The van der Waals surface area contributed by atoms with Gasteiger partial charge in [-0.25, -0.2) is 8.42 Å². The van der Waals surface area contributed by atoms with Crippen LogP contribution in [0.25, 0.3) is 0 Å². The van der Waals surface area contributed by atoms with Crippen molar-refractivity contribution < 1.29 is 18.0 Å². The standard InChI is InChI=1S/C25H28N4O4S/c1-28(34(2,32)33)19-23(30)29(18-20-10-5-3-6-11-20)24(22-13-7-4-8-14-22)25(31)27-17-21-12-9-15-26-16-21/h3-16,24H,17-19H2,1-2H3,(H,27,31). The largest absolute Gasteiger partial charge is 0.350 e. The Balaban J connectivity index is 1.96. The minimum atomic E-state index is -3.58. The average molecular weight is 481 g/mol. The predicted molar refractivity (Wildman–Crippen MR) is 130 cm³/mol. The molecule has 8 nitrogen and oxygen atoms in total. The number of benzene rings is 2. The summed E-state index contributed by atoms with van der Waals surface area (Å²) < 4.78 is 24.9. The van der Waals surface area contributed by atoms with Gasteiger partial charge in [0.15, 0.2) is 0 Å². The molecule has 1 N–H and O–H groups in total. The molecule has 1 heterocycles. The van der Waals surface area contributed by atoms with E-state index in [-0.39, 0.29) is 25.5 Å². The van der Waals surface area contributed by atoms with Crippen molar-refractivity contribution in [2.45, 2.75) is 19.1 Å². The molecule has 3 aromatic rings. The van der Waals surface area contributed by atoms with Crippen molar-refractivity contribution in [1.29, 1.82) is 0 Å². The van der Waals surface area contributed by atoms with Crippen LogP contribution >= 0.6 is 0 Å². The van der Waals surface area contributed by atoms with Crippen molar-refractivity contribution in [1.82, 2.24) is 19.5 Å². The lowest BCUT2D eigenvalue weighted by molar-refractivity contribution is -0.141. The molecule has 0 aliphatic carbocycles. The van der Waals surface area contributed by atoms with Crippen molar-refractivity contribution in [3.8, 4) is 0 Å². The molecule has 2 amide bonds. The fraction of sp³-hybridized carbons (Fsp3) is 0.240. The molecule has 178 valence electrons. The molecule has 2 aromatic carbocycles. The molecule has 9 heteroatoms. The summed E-state index contributed by atoms with van der Waals surface area (Å²) in [6.07, 6.45) is 4.35. The number of pyridine rings is 1. The highest BCUT2D eigenvalue weighted by Crippen LogP contribution is 2.24. The van der Waals surface area contributed by atoms with Gasteiger partial charge >= 0.3 is 0 Å². The summed E-state index contributed by atoms with van der Waals surface area (Å²) in [4.78, 5) is 32.4. The van der Waals surface area contributed by atoms with Crippen LogP contribution in [0.15, 0.2) is 85.2 Å². The number of carbonyl (C=O) groups is 2. The molecule has 0 saturated heterocycles. The van der Waals surface area contributed by atoms with Gasteiger partial charge in [0.25, 0.3) is 0 Å². The minimum absolute atomic E-state index is 0.136. The first-order valence-corrected chi connectivity index (χ1v) is 12.6. The lowest BCUT2D eigenvalue weighted by Crippen LogP contribution is -2.47. The van der Waals surface area contributed by atoms with Crippen molar-refractivity contribution in [2.75, 3.05) is 19.8 Å². The maximum Gasteiger partial charge on any atom is 0.247 e. The topological polar surface area (TPSA) is 99.7 Å². The van der Waals surface area contributed by atoms with Crippen molar-refractivity contribution in [3.63, 3.8) is 0 Å². The summed E-state index contributed by atoms with van der Waals surface area (Å²) in [7, 11) is -2.24. The molecule has 0 fully saturated rings. The van der Waals surface area contributed by atoms with Gasteiger partial charge in [0.2, 0.25) is 21.8 Å². The lowest BCUT2D eigenvalue weighted by atomic mass is 10.0. The Labute approximate surface area is 200 Å². The normalized spacial score (nSPS) is 12.2. The van der Waals surface area contributed by atoms with Gasteiger partial charge in [0.05, 0.1) is 12.8 Å². The van der Waals surface area contributed by atoms with E-state index in [2.05, 4.69) is 10.3 Å². The van der Waals surface area contributed by atoms with Crippen molar-refractivity contribution >= 4 is 21.8 Å². The van der Waals surface area contributed by atoms with E-state index in [0.717, 1.165) is 21.7 Å². The third kappa shape index (κ3) is 6.97. The molecule has 0 saturated carbocycles. The molecule has 0 bridgehead atoms. The van der Waals surface area contributed by atoms with Gasteiger partial charge in [0, 0.05) is 32.5 Å². The van der Waals surface area contributed by atoms with Crippen LogP contribution < -0.4 is 5.32 Å².